The monoisotopic (exact) mass is 279 g/mol. The van der Waals surface area contributed by atoms with E-state index in [9.17, 15) is 4.79 Å². The van der Waals surface area contributed by atoms with Gasteiger partial charge in [0.25, 0.3) is 0 Å². The number of hydrogen-bond acceptors (Lipinski definition) is 1. The lowest BCUT2D eigenvalue weighted by Gasteiger charge is -2.29. The van der Waals surface area contributed by atoms with Crippen LogP contribution in [-0.4, -0.2) is 11.9 Å². The fourth-order valence-corrected chi connectivity index (χ4v) is 3.05. The molecule has 1 aromatic rings. The number of alkyl halides is 1. The third-order valence-corrected chi connectivity index (χ3v) is 4.48. The first kappa shape index (κ1) is 14.4. The number of rotatable bonds is 4. The van der Waals surface area contributed by atoms with Crippen molar-refractivity contribution in [2.45, 2.75) is 50.4 Å². The quantitative estimate of drug-likeness (QED) is 0.828. The molecular weight excluding hydrogens is 258 g/mol. The maximum atomic E-state index is 12.2. The van der Waals surface area contributed by atoms with Crippen LogP contribution in [0.1, 0.15) is 50.0 Å². The molecule has 2 rings (SSSR count). The molecule has 1 saturated carbocycles. The number of halogens is 1. The Morgan fingerprint density at radius 1 is 1.37 bits per heavy atom. The van der Waals surface area contributed by atoms with E-state index in [-0.39, 0.29) is 5.91 Å². The lowest BCUT2D eigenvalue weighted by atomic mass is 9.84. The Kier molecular flexibility index (Phi) is 5.26. The number of benzene rings is 1. The maximum Gasteiger partial charge on any atom is 0.242 e. The van der Waals surface area contributed by atoms with Gasteiger partial charge in [0.05, 0.1) is 0 Å². The summed E-state index contributed by atoms with van der Waals surface area (Å²) in [5.41, 5.74) is 0.865. The van der Waals surface area contributed by atoms with Crippen molar-refractivity contribution < 1.29 is 4.79 Å². The van der Waals surface area contributed by atoms with Gasteiger partial charge in [-0.15, -0.1) is 11.6 Å². The van der Waals surface area contributed by atoms with Gasteiger partial charge in [0.2, 0.25) is 5.91 Å². The molecule has 0 saturated heterocycles. The van der Waals surface area contributed by atoms with Crippen molar-refractivity contribution in [3.8, 4) is 0 Å². The molecule has 3 heteroatoms. The zero-order chi connectivity index (χ0) is 13.7. The lowest BCUT2D eigenvalue weighted by Crippen LogP contribution is -2.39. The Bertz CT molecular complexity index is 406. The van der Waals surface area contributed by atoms with Gasteiger partial charge in [0.1, 0.15) is 5.38 Å². The minimum Gasteiger partial charge on any atom is -0.352 e. The topological polar surface area (TPSA) is 29.1 Å². The van der Waals surface area contributed by atoms with Crippen LogP contribution < -0.4 is 5.32 Å². The normalized spacial score (nSPS) is 24.7. The van der Waals surface area contributed by atoms with Crippen LogP contribution in [0.3, 0.4) is 0 Å². The summed E-state index contributed by atoms with van der Waals surface area (Å²) in [5.74, 6) is 0.694. The van der Waals surface area contributed by atoms with Crippen molar-refractivity contribution in [2.75, 3.05) is 0 Å². The van der Waals surface area contributed by atoms with Crippen LogP contribution in [0, 0.1) is 5.92 Å². The van der Waals surface area contributed by atoms with Gasteiger partial charge < -0.3 is 5.32 Å². The van der Waals surface area contributed by atoms with E-state index >= 15 is 0 Å². The summed E-state index contributed by atoms with van der Waals surface area (Å²) in [6.45, 7) is 2.23. The molecular formula is C16H22ClNO. The second kappa shape index (κ2) is 6.95. The number of amides is 1. The largest absolute Gasteiger partial charge is 0.352 e. The summed E-state index contributed by atoms with van der Waals surface area (Å²) in [6.07, 6.45) is 5.89. The summed E-state index contributed by atoms with van der Waals surface area (Å²) in [6, 6.07) is 9.84. The molecule has 0 aliphatic heterocycles. The van der Waals surface area contributed by atoms with Crippen molar-refractivity contribution in [2.24, 2.45) is 5.92 Å². The van der Waals surface area contributed by atoms with Gasteiger partial charge in [-0.3, -0.25) is 4.79 Å². The third kappa shape index (κ3) is 3.97. The Balaban J connectivity index is 1.90. The zero-order valence-electron chi connectivity index (χ0n) is 11.4. The number of carbonyl (C=O) groups excluding carboxylic acids is 1. The van der Waals surface area contributed by atoms with Crippen LogP contribution in [0.25, 0.3) is 0 Å². The van der Waals surface area contributed by atoms with E-state index in [2.05, 4.69) is 12.2 Å². The smallest absolute Gasteiger partial charge is 0.242 e. The van der Waals surface area contributed by atoms with Crippen LogP contribution in [0.4, 0.5) is 0 Å². The van der Waals surface area contributed by atoms with Crippen LogP contribution in [-0.2, 0) is 4.79 Å². The molecule has 19 heavy (non-hydrogen) atoms. The molecule has 3 atom stereocenters. The summed E-state index contributed by atoms with van der Waals surface area (Å²) in [7, 11) is 0. The maximum absolute atomic E-state index is 12.2. The molecule has 2 nitrogen and oxygen atoms in total. The van der Waals surface area contributed by atoms with E-state index in [1.165, 1.54) is 19.3 Å². The highest BCUT2D eigenvalue weighted by Crippen LogP contribution is 2.27. The van der Waals surface area contributed by atoms with Crippen molar-refractivity contribution in [3.63, 3.8) is 0 Å². The molecule has 1 amide bonds. The van der Waals surface area contributed by atoms with E-state index in [0.717, 1.165) is 24.3 Å². The Morgan fingerprint density at radius 2 is 2.11 bits per heavy atom. The fourth-order valence-electron chi connectivity index (χ4n) is 2.84. The molecule has 0 aromatic heterocycles. The Morgan fingerprint density at radius 3 is 2.79 bits per heavy atom. The van der Waals surface area contributed by atoms with Gasteiger partial charge in [-0.2, -0.15) is 0 Å². The van der Waals surface area contributed by atoms with E-state index in [4.69, 9.17) is 11.6 Å². The first-order valence-electron chi connectivity index (χ1n) is 7.20. The predicted octanol–water partition coefficient (Wildman–Crippen LogP) is 4.05. The summed E-state index contributed by atoms with van der Waals surface area (Å²) < 4.78 is 0. The van der Waals surface area contributed by atoms with Crippen LogP contribution in [0.15, 0.2) is 30.3 Å². The van der Waals surface area contributed by atoms with Gasteiger partial charge in [0.15, 0.2) is 0 Å². The van der Waals surface area contributed by atoms with E-state index < -0.39 is 5.38 Å². The molecule has 0 spiro atoms. The number of carbonyl (C=O) groups is 1. The SMILES string of the molecule is CCC1CCCC(NC(=O)C(Cl)c2ccccc2)C1. The predicted molar refractivity (Wildman–Crippen MR) is 79.2 cm³/mol. The molecule has 104 valence electrons. The minimum absolute atomic E-state index is 0.0605. The molecule has 0 radical (unpaired) electrons. The molecule has 1 aliphatic rings. The second-order valence-corrected chi connectivity index (χ2v) is 5.86. The lowest BCUT2D eigenvalue weighted by molar-refractivity contribution is -0.121. The highest BCUT2D eigenvalue weighted by Gasteiger charge is 2.25. The van der Waals surface area contributed by atoms with Crippen molar-refractivity contribution in [1.82, 2.24) is 5.32 Å². The van der Waals surface area contributed by atoms with Crippen LogP contribution in [0.5, 0.6) is 0 Å². The number of hydrogen-bond donors (Lipinski definition) is 1. The van der Waals surface area contributed by atoms with Gasteiger partial charge >= 0.3 is 0 Å². The van der Waals surface area contributed by atoms with Crippen LogP contribution >= 0.6 is 11.6 Å². The van der Waals surface area contributed by atoms with Gasteiger partial charge in [-0.1, -0.05) is 56.5 Å². The molecule has 1 aromatic carbocycles. The molecule has 1 N–H and O–H groups in total. The van der Waals surface area contributed by atoms with Gasteiger partial charge in [0, 0.05) is 6.04 Å². The first-order chi connectivity index (χ1) is 9.20. The zero-order valence-corrected chi connectivity index (χ0v) is 12.2. The molecule has 3 unspecified atom stereocenters. The first-order valence-corrected chi connectivity index (χ1v) is 7.63. The van der Waals surface area contributed by atoms with E-state index in [0.29, 0.717) is 6.04 Å². The highest BCUT2D eigenvalue weighted by molar-refractivity contribution is 6.30. The molecule has 1 aliphatic carbocycles. The molecule has 0 heterocycles. The average molecular weight is 280 g/mol. The minimum atomic E-state index is -0.580. The Labute approximate surface area is 120 Å². The van der Waals surface area contributed by atoms with E-state index in [1.807, 2.05) is 30.3 Å². The fraction of sp³-hybridized carbons (Fsp3) is 0.562. The molecule has 1 fully saturated rings. The summed E-state index contributed by atoms with van der Waals surface area (Å²) in [5, 5.41) is 2.53. The number of nitrogens with one attached hydrogen (secondary N) is 1. The van der Waals surface area contributed by atoms with Gasteiger partial charge in [-0.05, 0) is 24.3 Å². The third-order valence-electron chi connectivity index (χ3n) is 4.03. The second-order valence-electron chi connectivity index (χ2n) is 5.42. The van der Waals surface area contributed by atoms with Crippen molar-refractivity contribution >= 4 is 17.5 Å². The van der Waals surface area contributed by atoms with Crippen molar-refractivity contribution in [3.05, 3.63) is 35.9 Å². The van der Waals surface area contributed by atoms with Crippen molar-refractivity contribution in [1.29, 1.82) is 0 Å². The van der Waals surface area contributed by atoms with Crippen LogP contribution in [0.2, 0.25) is 0 Å². The highest BCUT2D eigenvalue weighted by atomic mass is 35.5. The average Bonchev–Trinajstić information content (AvgIpc) is 2.47. The summed E-state index contributed by atoms with van der Waals surface area (Å²) in [4.78, 5) is 12.2. The summed E-state index contributed by atoms with van der Waals surface area (Å²) >= 11 is 6.23. The standard InChI is InChI=1S/C16H22ClNO/c1-2-12-7-6-10-14(11-12)18-16(19)15(17)13-8-4-3-5-9-13/h3-5,8-9,12,14-15H,2,6-7,10-11H2,1H3,(H,18,19). The molecule has 0 bridgehead atoms. The van der Waals surface area contributed by atoms with E-state index in [1.54, 1.807) is 0 Å². The Hall–Kier alpha value is -1.02. The van der Waals surface area contributed by atoms with Gasteiger partial charge in [-0.25, -0.2) is 0 Å².